The van der Waals surface area contributed by atoms with Gasteiger partial charge < -0.3 is 0 Å². The summed E-state index contributed by atoms with van der Waals surface area (Å²) in [5, 5.41) is 0. The summed E-state index contributed by atoms with van der Waals surface area (Å²) in [5.41, 5.74) is 5.99. The SMILES string of the molecule is C=C(CCCN(CC(C)C(C)(C)C)C(c1ccccc1)c1ccc(CCC)cc1)CC(CCC)CCC. The van der Waals surface area contributed by atoms with E-state index >= 15 is 0 Å². The van der Waals surface area contributed by atoms with E-state index in [2.05, 4.69) is 115 Å². The molecule has 0 bridgehead atoms. The van der Waals surface area contributed by atoms with Crippen molar-refractivity contribution in [2.24, 2.45) is 17.3 Å². The summed E-state index contributed by atoms with van der Waals surface area (Å²) in [6.07, 6.45) is 11.1. The molecule has 0 saturated carbocycles. The van der Waals surface area contributed by atoms with E-state index in [-0.39, 0.29) is 11.5 Å². The summed E-state index contributed by atoms with van der Waals surface area (Å²) in [7, 11) is 0. The number of allylic oxidation sites excluding steroid dienone is 1. The van der Waals surface area contributed by atoms with Crippen LogP contribution in [0.3, 0.4) is 0 Å². The predicted octanol–water partition coefficient (Wildman–Crippen LogP) is 10.7. The van der Waals surface area contributed by atoms with Gasteiger partial charge in [-0.2, -0.15) is 0 Å². The van der Waals surface area contributed by atoms with Crippen LogP contribution in [0.5, 0.6) is 0 Å². The molecule has 0 heterocycles. The fourth-order valence-corrected chi connectivity index (χ4v) is 5.56. The molecule has 2 unspecified atom stereocenters. The molecule has 0 aliphatic rings. The van der Waals surface area contributed by atoms with Crippen molar-refractivity contribution in [2.45, 2.75) is 112 Å². The van der Waals surface area contributed by atoms with Crippen LogP contribution in [-0.2, 0) is 6.42 Å². The predicted molar refractivity (Wildman–Crippen MR) is 165 cm³/mol. The van der Waals surface area contributed by atoms with Crippen LogP contribution in [0.1, 0.15) is 123 Å². The molecular formula is C36H57N. The molecule has 37 heavy (non-hydrogen) atoms. The zero-order valence-electron chi connectivity index (χ0n) is 25.4. The maximum absolute atomic E-state index is 4.53. The zero-order valence-corrected chi connectivity index (χ0v) is 25.4. The molecule has 0 aromatic heterocycles. The molecule has 0 aliphatic heterocycles. The van der Waals surface area contributed by atoms with Gasteiger partial charge in [0.15, 0.2) is 0 Å². The highest BCUT2D eigenvalue weighted by Crippen LogP contribution is 2.34. The summed E-state index contributed by atoms with van der Waals surface area (Å²) in [6.45, 7) is 23.2. The van der Waals surface area contributed by atoms with Crippen LogP contribution >= 0.6 is 0 Å². The molecule has 0 aliphatic carbocycles. The smallest absolute Gasteiger partial charge is 0.0601 e. The van der Waals surface area contributed by atoms with Crippen LogP contribution in [0, 0.1) is 17.3 Å². The second-order valence-corrected chi connectivity index (χ2v) is 12.6. The number of hydrogen-bond acceptors (Lipinski definition) is 1. The average Bonchev–Trinajstić information content (AvgIpc) is 2.85. The van der Waals surface area contributed by atoms with Crippen LogP contribution in [0.15, 0.2) is 66.7 Å². The molecule has 0 N–H and O–H groups in total. The standard InChI is InChI=1S/C36H57N/c1-9-16-31-22-24-34(25-23-31)35(33-20-13-12-14-21-33)37(28-30(5)36(6,7)8)26-15-19-29(4)27-32(17-10-2)18-11-3/h12-14,20-25,30,32,35H,4,9-11,15-19,26-28H2,1-3,5-8H3. The molecule has 0 saturated heterocycles. The van der Waals surface area contributed by atoms with Crippen molar-refractivity contribution in [1.82, 2.24) is 4.90 Å². The maximum Gasteiger partial charge on any atom is 0.0601 e. The first-order chi connectivity index (χ1) is 17.7. The van der Waals surface area contributed by atoms with E-state index in [0.717, 1.165) is 31.8 Å². The summed E-state index contributed by atoms with van der Waals surface area (Å²) < 4.78 is 0. The Labute approximate surface area is 230 Å². The zero-order chi connectivity index (χ0) is 27.3. The van der Waals surface area contributed by atoms with Crippen LogP contribution in [-0.4, -0.2) is 18.0 Å². The van der Waals surface area contributed by atoms with Gasteiger partial charge in [-0.05, 0) is 66.2 Å². The van der Waals surface area contributed by atoms with Gasteiger partial charge >= 0.3 is 0 Å². The minimum absolute atomic E-state index is 0.279. The Hall–Kier alpha value is -1.86. The topological polar surface area (TPSA) is 3.24 Å². The van der Waals surface area contributed by atoms with Gasteiger partial charge in [0.25, 0.3) is 0 Å². The molecular weight excluding hydrogens is 446 g/mol. The molecule has 2 atom stereocenters. The van der Waals surface area contributed by atoms with E-state index < -0.39 is 0 Å². The lowest BCUT2D eigenvalue weighted by Gasteiger charge is -2.38. The molecule has 0 radical (unpaired) electrons. The van der Waals surface area contributed by atoms with E-state index in [1.807, 2.05) is 0 Å². The number of aryl methyl sites for hydroxylation is 1. The van der Waals surface area contributed by atoms with Crippen molar-refractivity contribution in [3.63, 3.8) is 0 Å². The fraction of sp³-hybridized carbons (Fsp3) is 0.611. The summed E-state index contributed by atoms with van der Waals surface area (Å²) >= 11 is 0. The Bertz CT molecular complexity index is 867. The van der Waals surface area contributed by atoms with E-state index in [9.17, 15) is 0 Å². The number of benzene rings is 2. The third kappa shape index (κ3) is 10.8. The minimum atomic E-state index is 0.279. The first-order valence-corrected chi connectivity index (χ1v) is 15.2. The lowest BCUT2D eigenvalue weighted by atomic mass is 9.81. The highest BCUT2D eigenvalue weighted by atomic mass is 15.2. The van der Waals surface area contributed by atoms with E-state index in [0.29, 0.717) is 5.92 Å². The number of nitrogens with zero attached hydrogens (tertiary/aromatic N) is 1. The van der Waals surface area contributed by atoms with Crippen molar-refractivity contribution in [3.05, 3.63) is 83.4 Å². The summed E-state index contributed by atoms with van der Waals surface area (Å²) in [5.74, 6) is 1.41. The van der Waals surface area contributed by atoms with Crippen LogP contribution < -0.4 is 0 Å². The Morgan fingerprint density at radius 1 is 0.838 bits per heavy atom. The molecule has 0 amide bonds. The summed E-state index contributed by atoms with van der Waals surface area (Å²) in [6, 6.07) is 20.9. The van der Waals surface area contributed by atoms with Gasteiger partial charge in [0.1, 0.15) is 0 Å². The molecule has 1 heteroatoms. The van der Waals surface area contributed by atoms with Gasteiger partial charge in [0.2, 0.25) is 0 Å². The third-order valence-electron chi connectivity index (χ3n) is 8.25. The molecule has 2 aromatic carbocycles. The first kappa shape index (κ1) is 31.4. The average molecular weight is 504 g/mol. The van der Waals surface area contributed by atoms with Gasteiger partial charge in [-0.3, -0.25) is 4.90 Å². The second-order valence-electron chi connectivity index (χ2n) is 12.6. The van der Waals surface area contributed by atoms with Crippen LogP contribution in [0.2, 0.25) is 0 Å². The van der Waals surface area contributed by atoms with E-state index in [4.69, 9.17) is 0 Å². The van der Waals surface area contributed by atoms with Gasteiger partial charge in [-0.1, -0.05) is 147 Å². The Balaban J connectivity index is 2.27. The lowest BCUT2D eigenvalue weighted by molar-refractivity contribution is 0.135. The Morgan fingerprint density at radius 3 is 1.97 bits per heavy atom. The fourth-order valence-electron chi connectivity index (χ4n) is 5.56. The summed E-state index contributed by atoms with van der Waals surface area (Å²) in [4.78, 5) is 2.77. The normalized spacial score (nSPS) is 13.8. The molecule has 206 valence electrons. The molecule has 2 rings (SSSR count). The second kappa shape index (κ2) is 16.2. The van der Waals surface area contributed by atoms with Crippen molar-refractivity contribution in [2.75, 3.05) is 13.1 Å². The quantitative estimate of drug-likeness (QED) is 0.194. The monoisotopic (exact) mass is 503 g/mol. The van der Waals surface area contributed by atoms with E-state index in [1.54, 1.807) is 0 Å². The van der Waals surface area contributed by atoms with Gasteiger partial charge in [-0.15, -0.1) is 0 Å². The highest BCUT2D eigenvalue weighted by molar-refractivity contribution is 5.34. The molecule has 0 spiro atoms. The van der Waals surface area contributed by atoms with E-state index in [1.165, 1.54) is 67.2 Å². The van der Waals surface area contributed by atoms with Crippen molar-refractivity contribution >= 4 is 0 Å². The van der Waals surface area contributed by atoms with Crippen molar-refractivity contribution < 1.29 is 0 Å². The van der Waals surface area contributed by atoms with Gasteiger partial charge in [0, 0.05) is 6.54 Å². The third-order valence-corrected chi connectivity index (χ3v) is 8.25. The van der Waals surface area contributed by atoms with Crippen LogP contribution in [0.25, 0.3) is 0 Å². The Kier molecular flexibility index (Phi) is 13.7. The lowest BCUT2D eigenvalue weighted by Crippen LogP contribution is -2.38. The van der Waals surface area contributed by atoms with Crippen LogP contribution in [0.4, 0.5) is 0 Å². The van der Waals surface area contributed by atoms with Crippen molar-refractivity contribution in [1.29, 1.82) is 0 Å². The maximum atomic E-state index is 4.53. The number of rotatable bonds is 17. The molecule has 0 fully saturated rings. The Morgan fingerprint density at radius 2 is 1.43 bits per heavy atom. The van der Waals surface area contributed by atoms with Gasteiger partial charge in [-0.25, -0.2) is 0 Å². The van der Waals surface area contributed by atoms with Gasteiger partial charge in [0.05, 0.1) is 6.04 Å². The number of hydrogen-bond donors (Lipinski definition) is 0. The minimum Gasteiger partial charge on any atom is -0.292 e. The van der Waals surface area contributed by atoms with Crippen molar-refractivity contribution in [3.8, 4) is 0 Å². The highest BCUT2D eigenvalue weighted by Gasteiger charge is 2.28. The first-order valence-electron chi connectivity index (χ1n) is 15.2. The molecule has 1 nitrogen and oxygen atoms in total. The largest absolute Gasteiger partial charge is 0.292 e. The molecule has 2 aromatic rings.